The lowest BCUT2D eigenvalue weighted by atomic mass is 10.1. The minimum atomic E-state index is -0.579. The molecule has 4 heteroatoms. The van der Waals surface area contributed by atoms with Gasteiger partial charge in [-0.2, -0.15) is 0 Å². The second-order valence-electron chi connectivity index (χ2n) is 4.96. The van der Waals surface area contributed by atoms with Crippen LogP contribution >= 0.6 is 0 Å². The molecule has 2 aromatic carbocycles. The summed E-state index contributed by atoms with van der Waals surface area (Å²) in [5, 5.41) is 11.7. The molecule has 0 aliphatic carbocycles. The molecule has 2 aromatic rings. The quantitative estimate of drug-likeness (QED) is 0.756. The summed E-state index contributed by atoms with van der Waals surface area (Å²) in [6.45, 7) is 0.119. The predicted octanol–water partition coefficient (Wildman–Crippen LogP) is 1.73. The average molecular weight is 284 g/mol. The minimum Gasteiger partial charge on any atom is -0.396 e. The predicted molar refractivity (Wildman–Crippen MR) is 84.0 cm³/mol. The summed E-state index contributed by atoms with van der Waals surface area (Å²) in [7, 11) is 0. The molecule has 2 rings (SSSR count). The lowest BCUT2D eigenvalue weighted by Crippen LogP contribution is -2.37. The SMILES string of the molecule is N[C@H](Cc1ccccc1)C(=O)Nc1ccc(CCO)cc1. The first-order valence-electron chi connectivity index (χ1n) is 6.99. The zero-order valence-electron chi connectivity index (χ0n) is 11.8. The van der Waals surface area contributed by atoms with E-state index >= 15 is 0 Å². The maximum atomic E-state index is 12.1. The Morgan fingerprint density at radius 2 is 1.71 bits per heavy atom. The highest BCUT2D eigenvalue weighted by molar-refractivity contribution is 5.94. The fraction of sp³-hybridized carbons (Fsp3) is 0.235. The van der Waals surface area contributed by atoms with Gasteiger partial charge in [-0.05, 0) is 36.1 Å². The van der Waals surface area contributed by atoms with Crippen molar-refractivity contribution in [3.05, 3.63) is 65.7 Å². The van der Waals surface area contributed by atoms with Crippen LogP contribution in [-0.2, 0) is 17.6 Å². The molecule has 110 valence electrons. The van der Waals surface area contributed by atoms with Crippen molar-refractivity contribution >= 4 is 11.6 Å². The Morgan fingerprint density at radius 3 is 2.33 bits per heavy atom. The van der Waals surface area contributed by atoms with Crippen LogP contribution in [0.1, 0.15) is 11.1 Å². The van der Waals surface area contributed by atoms with Crippen LogP contribution in [0.2, 0.25) is 0 Å². The third kappa shape index (κ3) is 4.70. The summed E-state index contributed by atoms with van der Waals surface area (Å²) in [5.41, 5.74) is 8.71. The van der Waals surface area contributed by atoms with E-state index < -0.39 is 6.04 Å². The van der Waals surface area contributed by atoms with Crippen molar-refractivity contribution in [2.24, 2.45) is 5.73 Å². The number of hydrogen-bond donors (Lipinski definition) is 3. The summed E-state index contributed by atoms with van der Waals surface area (Å²) in [6.07, 6.45) is 1.12. The average Bonchev–Trinajstić information content (AvgIpc) is 2.50. The monoisotopic (exact) mass is 284 g/mol. The van der Waals surface area contributed by atoms with Gasteiger partial charge in [-0.3, -0.25) is 4.79 Å². The number of benzene rings is 2. The van der Waals surface area contributed by atoms with E-state index in [0.717, 1.165) is 11.1 Å². The van der Waals surface area contributed by atoms with Gasteiger partial charge in [-0.25, -0.2) is 0 Å². The van der Waals surface area contributed by atoms with Crippen molar-refractivity contribution in [3.8, 4) is 0 Å². The third-order valence-corrected chi connectivity index (χ3v) is 3.26. The second kappa shape index (κ2) is 7.57. The zero-order chi connectivity index (χ0) is 15.1. The molecule has 0 bridgehead atoms. The van der Waals surface area contributed by atoms with E-state index in [9.17, 15) is 4.79 Å². The van der Waals surface area contributed by atoms with Gasteiger partial charge >= 0.3 is 0 Å². The van der Waals surface area contributed by atoms with Crippen LogP contribution in [0.3, 0.4) is 0 Å². The van der Waals surface area contributed by atoms with Gasteiger partial charge in [0.25, 0.3) is 0 Å². The number of carbonyl (C=O) groups is 1. The number of nitrogens with one attached hydrogen (secondary N) is 1. The van der Waals surface area contributed by atoms with Crippen molar-refractivity contribution in [3.63, 3.8) is 0 Å². The fourth-order valence-electron chi connectivity index (χ4n) is 2.08. The molecule has 0 fully saturated rings. The van der Waals surface area contributed by atoms with Crippen LogP contribution in [-0.4, -0.2) is 23.7 Å². The van der Waals surface area contributed by atoms with Crippen LogP contribution in [0.15, 0.2) is 54.6 Å². The molecule has 0 aromatic heterocycles. The van der Waals surface area contributed by atoms with Crippen molar-refractivity contribution in [2.45, 2.75) is 18.9 Å². The highest BCUT2D eigenvalue weighted by atomic mass is 16.2. The number of nitrogens with two attached hydrogens (primary N) is 1. The van der Waals surface area contributed by atoms with E-state index in [0.29, 0.717) is 18.5 Å². The topological polar surface area (TPSA) is 75.4 Å². The number of aliphatic hydroxyl groups is 1. The molecule has 1 amide bonds. The molecule has 0 aliphatic heterocycles. The molecule has 0 unspecified atom stereocenters. The van der Waals surface area contributed by atoms with Crippen molar-refractivity contribution in [1.29, 1.82) is 0 Å². The van der Waals surface area contributed by atoms with Crippen molar-refractivity contribution < 1.29 is 9.90 Å². The number of rotatable bonds is 6. The molecule has 1 atom stereocenters. The first kappa shape index (κ1) is 15.2. The molecular weight excluding hydrogens is 264 g/mol. The van der Waals surface area contributed by atoms with Crippen LogP contribution < -0.4 is 11.1 Å². The Kier molecular flexibility index (Phi) is 5.49. The van der Waals surface area contributed by atoms with E-state index in [1.807, 2.05) is 54.6 Å². The molecule has 4 nitrogen and oxygen atoms in total. The Hall–Kier alpha value is -2.17. The Bertz CT molecular complexity index is 567. The molecule has 0 saturated heterocycles. The number of anilines is 1. The second-order valence-corrected chi connectivity index (χ2v) is 4.96. The van der Waals surface area contributed by atoms with Crippen molar-refractivity contribution in [2.75, 3.05) is 11.9 Å². The van der Waals surface area contributed by atoms with E-state index in [4.69, 9.17) is 10.8 Å². The van der Waals surface area contributed by atoms with Gasteiger partial charge < -0.3 is 16.2 Å². The number of amides is 1. The molecule has 21 heavy (non-hydrogen) atoms. The van der Waals surface area contributed by atoms with Crippen molar-refractivity contribution in [1.82, 2.24) is 0 Å². The minimum absolute atomic E-state index is 0.119. The van der Waals surface area contributed by atoms with Gasteiger partial charge in [0.2, 0.25) is 5.91 Å². The van der Waals surface area contributed by atoms with E-state index in [-0.39, 0.29) is 12.5 Å². The first-order valence-corrected chi connectivity index (χ1v) is 6.99. The summed E-state index contributed by atoms with van der Waals surface area (Å²) >= 11 is 0. The number of aliphatic hydroxyl groups excluding tert-OH is 1. The fourth-order valence-corrected chi connectivity index (χ4v) is 2.08. The van der Waals surface area contributed by atoms with Gasteiger partial charge in [0.15, 0.2) is 0 Å². The van der Waals surface area contributed by atoms with Gasteiger partial charge in [-0.1, -0.05) is 42.5 Å². The molecule has 0 heterocycles. The Balaban J connectivity index is 1.91. The van der Waals surface area contributed by atoms with Gasteiger partial charge in [0.1, 0.15) is 0 Å². The Morgan fingerprint density at radius 1 is 1.05 bits per heavy atom. The molecule has 0 spiro atoms. The van der Waals surface area contributed by atoms with Crippen LogP contribution in [0, 0.1) is 0 Å². The summed E-state index contributed by atoms with van der Waals surface area (Å²) in [6, 6.07) is 16.5. The lowest BCUT2D eigenvalue weighted by molar-refractivity contribution is -0.117. The molecule has 0 saturated carbocycles. The zero-order valence-corrected chi connectivity index (χ0v) is 11.8. The van der Waals surface area contributed by atoms with Gasteiger partial charge in [0.05, 0.1) is 6.04 Å². The number of carbonyl (C=O) groups excluding carboxylic acids is 1. The highest BCUT2D eigenvalue weighted by Crippen LogP contribution is 2.11. The van der Waals surface area contributed by atoms with E-state index in [1.165, 1.54) is 0 Å². The molecular formula is C17H20N2O2. The van der Waals surface area contributed by atoms with Crippen LogP contribution in [0.25, 0.3) is 0 Å². The summed E-state index contributed by atoms with van der Waals surface area (Å²) in [4.78, 5) is 12.1. The summed E-state index contributed by atoms with van der Waals surface area (Å²) < 4.78 is 0. The maximum Gasteiger partial charge on any atom is 0.241 e. The van der Waals surface area contributed by atoms with E-state index in [1.54, 1.807) is 0 Å². The van der Waals surface area contributed by atoms with Crippen LogP contribution in [0.5, 0.6) is 0 Å². The maximum absolute atomic E-state index is 12.1. The molecule has 0 aliphatic rings. The Labute approximate surface area is 124 Å². The van der Waals surface area contributed by atoms with Gasteiger partial charge in [0, 0.05) is 12.3 Å². The first-order chi connectivity index (χ1) is 10.2. The lowest BCUT2D eigenvalue weighted by Gasteiger charge is -2.12. The largest absolute Gasteiger partial charge is 0.396 e. The van der Waals surface area contributed by atoms with Gasteiger partial charge in [-0.15, -0.1) is 0 Å². The smallest absolute Gasteiger partial charge is 0.241 e. The number of hydrogen-bond acceptors (Lipinski definition) is 3. The normalized spacial score (nSPS) is 11.9. The molecule has 0 radical (unpaired) electrons. The highest BCUT2D eigenvalue weighted by Gasteiger charge is 2.14. The summed E-state index contributed by atoms with van der Waals surface area (Å²) in [5.74, 6) is -0.200. The van der Waals surface area contributed by atoms with Crippen LogP contribution in [0.4, 0.5) is 5.69 Å². The molecule has 4 N–H and O–H groups in total. The third-order valence-electron chi connectivity index (χ3n) is 3.26. The van der Waals surface area contributed by atoms with E-state index in [2.05, 4.69) is 5.32 Å². The standard InChI is InChI=1S/C17H20N2O2/c18-16(12-14-4-2-1-3-5-14)17(21)19-15-8-6-13(7-9-15)10-11-20/h1-9,16,20H,10-12,18H2,(H,19,21)/t16-/m1/s1.